The van der Waals surface area contributed by atoms with E-state index in [9.17, 15) is 9.59 Å². The second kappa shape index (κ2) is 9.59. The van der Waals surface area contributed by atoms with Gasteiger partial charge in [0.05, 0.1) is 14.2 Å². The number of nitrogens with one attached hydrogen (secondary N) is 2. The molecule has 2 N–H and O–H groups in total. The number of ether oxygens (including phenoxy) is 2. The van der Waals surface area contributed by atoms with Crippen LogP contribution in [0.2, 0.25) is 0 Å². The van der Waals surface area contributed by atoms with Gasteiger partial charge < -0.3 is 25.0 Å². The van der Waals surface area contributed by atoms with Gasteiger partial charge in [0.2, 0.25) is 0 Å². The molecule has 0 aromatic heterocycles. The van der Waals surface area contributed by atoms with Crippen LogP contribution in [0.3, 0.4) is 0 Å². The van der Waals surface area contributed by atoms with Gasteiger partial charge in [-0.1, -0.05) is 6.07 Å². The van der Waals surface area contributed by atoms with E-state index < -0.39 is 0 Å². The molecule has 0 aliphatic carbocycles. The minimum absolute atomic E-state index is 0.211. The van der Waals surface area contributed by atoms with Crippen LogP contribution in [0.4, 0.5) is 5.69 Å². The van der Waals surface area contributed by atoms with E-state index in [1.54, 1.807) is 49.6 Å². The second-order valence-electron chi connectivity index (χ2n) is 6.16. The number of hydrogen-bond donors (Lipinski definition) is 2. The van der Waals surface area contributed by atoms with Gasteiger partial charge in [0, 0.05) is 36.0 Å². The topological polar surface area (TPSA) is 79.9 Å². The highest BCUT2D eigenvalue weighted by Crippen LogP contribution is 2.29. The molecule has 27 heavy (non-hydrogen) atoms. The summed E-state index contributed by atoms with van der Waals surface area (Å²) in [7, 11) is 6.95. The maximum absolute atomic E-state index is 12.5. The molecule has 7 nitrogen and oxygen atoms in total. The highest BCUT2D eigenvalue weighted by molar-refractivity contribution is 6.06. The minimum Gasteiger partial charge on any atom is -0.493 e. The SMILES string of the molecule is COc1ccc(NC(=O)c2cccc(C(=O)NCCN(C)C)c2)cc1OC. The minimum atomic E-state index is -0.315. The third kappa shape index (κ3) is 5.72. The number of nitrogens with zero attached hydrogens (tertiary/aromatic N) is 1. The van der Waals surface area contributed by atoms with Gasteiger partial charge in [0.15, 0.2) is 11.5 Å². The Balaban J connectivity index is 2.07. The van der Waals surface area contributed by atoms with Crippen molar-refractivity contribution in [2.45, 2.75) is 0 Å². The first-order valence-electron chi connectivity index (χ1n) is 8.51. The standard InChI is InChI=1S/C20H25N3O4/c1-23(2)11-10-21-19(24)14-6-5-7-15(12-14)20(25)22-16-8-9-17(26-3)18(13-16)27-4/h5-9,12-13H,10-11H2,1-4H3,(H,21,24)(H,22,25). The lowest BCUT2D eigenvalue weighted by atomic mass is 10.1. The molecule has 0 atom stereocenters. The molecule has 2 aromatic rings. The Bertz CT molecular complexity index is 806. The Morgan fingerprint density at radius 3 is 2.22 bits per heavy atom. The van der Waals surface area contributed by atoms with Gasteiger partial charge in [-0.3, -0.25) is 9.59 Å². The average Bonchev–Trinajstić information content (AvgIpc) is 2.67. The van der Waals surface area contributed by atoms with Gasteiger partial charge in [-0.05, 0) is 44.4 Å². The van der Waals surface area contributed by atoms with Crippen molar-refractivity contribution in [2.75, 3.05) is 46.7 Å². The van der Waals surface area contributed by atoms with E-state index in [4.69, 9.17) is 9.47 Å². The van der Waals surface area contributed by atoms with Crippen LogP contribution < -0.4 is 20.1 Å². The number of benzene rings is 2. The number of carbonyl (C=O) groups is 2. The van der Waals surface area contributed by atoms with Gasteiger partial charge in [0.25, 0.3) is 11.8 Å². The van der Waals surface area contributed by atoms with Gasteiger partial charge in [-0.15, -0.1) is 0 Å². The number of anilines is 1. The Labute approximate surface area is 159 Å². The number of amides is 2. The summed E-state index contributed by atoms with van der Waals surface area (Å²) >= 11 is 0. The van der Waals surface area contributed by atoms with Crippen molar-refractivity contribution in [2.24, 2.45) is 0 Å². The zero-order chi connectivity index (χ0) is 19.8. The third-order valence-electron chi connectivity index (χ3n) is 3.87. The average molecular weight is 371 g/mol. The van der Waals surface area contributed by atoms with Crippen molar-refractivity contribution in [3.63, 3.8) is 0 Å². The molecule has 0 bridgehead atoms. The van der Waals surface area contributed by atoms with Crippen molar-refractivity contribution in [1.82, 2.24) is 10.2 Å². The predicted molar refractivity (Wildman–Crippen MR) is 105 cm³/mol. The van der Waals surface area contributed by atoms with E-state index >= 15 is 0 Å². The van der Waals surface area contributed by atoms with E-state index in [1.807, 2.05) is 19.0 Å². The molecule has 2 aromatic carbocycles. The van der Waals surface area contributed by atoms with Crippen molar-refractivity contribution < 1.29 is 19.1 Å². The summed E-state index contributed by atoms with van der Waals surface area (Å²) < 4.78 is 10.4. The Morgan fingerprint density at radius 1 is 0.926 bits per heavy atom. The maximum Gasteiger partial charge on any atom is 0.255 e. The van der Waals surface area contributed by atoms with E-state index in [1.165, 1.54) is 7.11 Å². The number of likely N-dealkylation sites (N-methyl/N-ethyl adjacent to an activating group) is 1. The van der Waals surface area contributed by atoms with Crippen LogP contribution in [-0.4, -0.2) is 58.1 Å². The first kappa shape index (κ1) is 20.3. The summed E-state index contributed by atoms with van der Waals surface area (Å²) in [5.41, 5.74) is 1.40. The number of carbonyl (C=O) groups excluding carboxylic acids is 2. The van der Waals surface area contributed by atoms with Crippen molar-refractivity contribution in [1.29, 1.82) is 0 Å². The van der Waals surface area contributed by atoms with E-state index in [0.717, 1.165) is 6.54 Å². The lowest BCUT2D eigenvalue weighted by Gasteiger charge is -2.12. The molecule has 0 heterocycles. The molecule has 0 radical (unpaired) electrons. The molecule has 7 heteroatoms. The number of rotatable bonds is 8. The fourth-order valence-electron chi connectivity index (χ4n) is 2.41. The molecule has 2 amide bonds. The van der Waals surface area contributed by atoms with Crippen molar-refractivity contribution >= 4 is 17.5 Å². The summed E-state index contributed by atoms with van der Waals surface area (Å²) in [5, 5.41) is 5.63. The largest absolute Gasteiger partial charge is 0.493 e. The first-order valence-corrected chi connectivity index (χ1v) is 8.51. The molecular formula is C20H25N3O4. The molecule has 2 rings (SSSR count). The zero-order valence-electron chi connectivity index (χ0n) is 16.0. The van der Waals surface area contributed by atoms with Crippen LogP contribution in [0.5, 0.6) is 11.5 Å². The summed E-state index contributed by atoms with van der Waals surface area (Å²) in [5.74, 6) is 0.569. The third-order valence-corrected chi connectivity index (χ3v) is 3.87. The summed E-state index contributed by atoms with van der Waals surface area (Å²) in [4.78, 5) is 26.7. The predicted octanol–water partition coefficient (Wildman–Crippen LogP) is 2.25. The van der Waals surface area contributed by atoms with Crippen LogP contribution in [0.1, 0.15) is 20.7 Å². The smallest absolute Gasteiger partial charge is 0.255 e. The van der Waals surface area contributed by atoms with Crippen LogP contribution >= 0.6 is 0 Å². The van der Waals surface area contributed by atoms with Crippen LogP contribution in [-0.2, 0) is 0 Å². The molecule has 0 saturated heterocycles. The molecule has 0 aliphatic rings. The summed E-state index contributed by atoms with van der Waals surface area (Å²) in [6, 6.07) is 11.7. The number of hydrogen-bond acceptors (Lipinski definition) is 5. The van der Waals surface area contributed by atoms with Crippen LogP contribution in [0.25, 0.3) is 0 Å². The molecule has 144 valence electrons. The fraction of sp³-hybridized carbons (Fsp3) is 0.300. The second-order valence-corrected chi connectivity index (χ2v) is 6.16. The Hall–Kier alpha value is -3.06. The fourth-order valence-corrected chi connectivity index (χ4v) is 2.41. The lowest BCUT2D eigenvalue weighted by Crippen LogP contribution is -2.31. The van der Waals surface area contributed by atoms with Gasteiger partial charge >= 0.3 is 0 Å². The van der Waals surface area contributed by atoms with Crippen LogP contribution in [0.15, 0.2) is 42.5 Å². The summed E-state index contributed by atoms with van der Waals surface area (Å²) in [6.07, 6.45) is 0. The lowest BCUT2D eigenvalue weighted by molar-refractivity contribution is 0.0951. The quantitative estimate of drug-likeness (QED) is 0.744. The highest BCUT2D eigenvalue weighted by Gasteiger charge is 2.12. The number of methoxy groups -OCH3 is 2. The monoisotopic (exact) mass is 371 g/mol. The summed E-state index contributed by atoms with van der Waals surface area (Å²) in [6.45, 7) is 1.28. The van der Waals surface area contributed by atoms with Gasteiger partial charge in [-0.25, -0.2) is 0 Å². The van der Waals surface area contributed by atoms with E-state index in [0.29, 0.717) is 34.9 Å². The highest BCUT2D eigenvalue weighted by atomic mass is 16.5. The van der Waals surface area contributed by atoms with E-state index in [2.05, 4.69) is 10.6 Å². The normalized spacial score (nSPS) is 10.4. The first-order chi connectivity index (χ1) is 12.9. The zero-order valence-corrected chi connectivity index (χ0v) is 16.0. The molecule has 0 spiro atoms. The van der Waals surface area contributed by atoms with Crippen LogP contribution in [0, 0.1) is 0 Å². The Kier molecular flexibility index (Phi) is 7.19. The molecule has 0 saturated carbocycles. The molecule has 0 fully saturated rings. The molecular weight excluding hydrogens is 346 g/mol. The van der Waals surface area contributed by atoms with E-state index in [-0.39, 0.29) is 11.8 Å². The molecule has 0 unspecified atom stereocenters. The van der Waals surface area contributed by atoms with Crippen molar-refractivity contribution in [3.05, 3.63) is 53.6 Å². The maximum atomic E-state index is 12.5. The van der Waals surface area contributed by atoms with Crippen molar-refractivity contribution in [3.8, 4) is 11.5 Å². The van der Waals surface area contributed by atoms with Gasteiger partial charge in [-0.2, -0.15) is 0 Å². The van der Waals surface area contributed by atoms with Gasteiger partial charge in [0.1, 0.15) is 0 Å². The molecule has 0 aliphatic heterocycles. The Morgan fingerprint density at radius 2 is 1.59 bits per heavy atom.